The number of hydrogen-bond acceptors (Lipinski definition) is 5. The molecule has 1 aromatic rings. The highest BCUT2D eigenvalue weighted by molar-refractivity contribution is 5.56. The summed E-state index contributed by atoms with van der Waals surface area (Å²) in [6.07, 6.45) is -3.47. The molecule has 2 heterocycles. The van der Waals surface area contributed by atoms with Crippen molar-refractivity contribution in [2.24, 2.45) is 0 Å². The van der Waals surface area contributed by atoms with Crippen LogP contribution in [0, 0.1) is 6.92 Å². The molecule has 21 heavy (non-hydrogen) atoms. The van der Waals surface area contributed by atoms with E-state index in [9.17, 15) is 13.2 Å². The first-order valence-corrected chi connectivity index (χ1v) is 6.97. The number of aryl methyl sites for hydroxylation is 1. The maximum absolute atomic E-state index is 12.4. The van der Waals surface area contributed by atoms with Crippen LogP contribution >= 0.6 is 0 Å². The third-order valence-electron chi connectivity index (χ3n) is 3.60. The van der Waals surface area contributed by atoms with Crippen LogP contribution in [-0.2, 0) is 6.42 Å². The number of piperazine rings is 1. The molecule has 0 amide bonds. The second kappa shape index (κ2) is 6.05. The van der Waals surface area contributed by atoms with Crippen molar-refractivity contribution in [3.63, 3.8) is 0 Å². The molecule has 1 aromatic heterocycles. The van der Waals surface area contributed by atoms with Crippen LogP contribution in [0.1, 0.15) is 18.3 Å². The summed E-state index contributed by atoms with van der Waals surface area (Å²) in [6.45, 7) is 4.68. The smallest absolute Gasteiger partial charge is 0.383 e. The monoisotopic (exact) mass is 303 g/mol. The molecule has 2 rings (SSSR count). The molecule has 1 aliphatic rings. The highest BCUT2D eigenvalue weighted by Gasteiger charge is 2.32. The van der Waals surface area contributed by atoms with Gasteiger partial charge in [0.15, 0.2) is 0 Å². The fraction of sp³-hybridized carbons (Fsp3) is 0.692. The van der Waals surface area contributed by atoms with Gasteiger partial charge in [0.25, 0.3) is 0 Å². The van der Waals surface area contributed by atoms with E-state index in [0.29, 0.717) is 44.2 Å². The van der Waals surface area contributed by atoms with Crippen molar-refractivity contribution in [2.45, 2.75) is 26.4 Å². The molecule has 5 nitrogen and oxygen atoms in total. The molecule has 2 N–H and O–H groups in total. The molecule has 118 valence electrons. The summed E-state index contributed by atoms with van der Waals surface area (Å²) in [4.78, 5) is 12.1. The predicted molar refractivity (Wildman–Crippen MR) is 75.3 cm³/mol. The van der Waals surface area contributed by atoms with Crippen LogP contribution in [-0.4, -0.2) is 53.8 Å². The molecule has 1 fully saturated rings. The first-order chi connectivity index (χ1) is 9.80. The lowest BCUT2D eigenvalue weighted by Gasteiger charge is -2.36. The van der Waals surface area contributed by atoms with Crippen LogP contribution in [0.4, 0.5) is 24.8 Å². The molecule has 0 radical (unpaired) electrons. The minimum atomic E-state index is -4.15. The lowest BCUT2D eigenvalue weighted by molar-refractivity contribution is -0.146. The van der Waals surface area contributed by atoms with Crippen molar-refractivity contribution in [1.82, 2.24) is 14.9 Å². The third kappa shape index (κ3) is 3.96. The molecule has 1 saturated heterocycles. The number of hydrogen-bond donors (Lipinski definition) is 1. The number of anilines is 2. The zero-order chi connectivity index (χ0) is 15.6. The largest absolute Gasteiger partial charge is 0.401 e. The zero-order valence-electron chi connectivity index (χ0n) is 12.2. The Hall–Kier alpha value is -1.57. The molecule has 0 bridgehead atoms. The fourth-order valence-corrected chi connectivity index (χ4v) is 2.41. The Morgan fingerprint density at radius 3 is 2.29 bits per heavy atom. The first kappa shape index (κ1) is 15.8. The van der Waals surface area contributed by atoms with Crippen molar-refractivity contribution >= 4 is 11.6 Å². The Labute approximate surface area is 122 Å². The summed E-state index contributed by atoms with van der Waals surface area (Å²) in [5, 5.41) is 0. The molecule has 0 spiro atoms. The molecular formula is C13H20F3N5. The van der Waals surface area contributed by atoms with Crippen LogP contribution in [0.15, 0.2) is 0 Å². The number of nitrogens with two attached hydrogens (primary N) is 1. The van der Waals surface area contributed by atoms with Gasteiger partial charge in [-0.15, -0.1) is 0 Å². The molecule has 0 aliphatic carbocycles. The minimum Gasteiger partial charge on any atom is -0.383 e. The van der Waals surface area contributed by atoms with Gasteiger partial charge in [-0.2, -0.15) is 13.2 Å². The number of rotatable bonds is 3. The molecule has 0 saturated carbocycles. The highest BCUT2D eigenvalue weighted by atomic mass is 19.4. The topological polar surface area (TPSA) is 58.3 Å². The third-order valence-corrected chi connectivity index (χ3v) is 3.60. The Kier molecular flexibility index (Phi) is 4.55. The van der Waals surface area contributed by atoms with Crippen molar-refractivity contribution in [3.8, 4) is 0 Å². The van der Waals surface area contributed by atoms with E-state index < -0.39 is 12.7 Å². The molecule has 0 atom stereocenters. The lowest BCUT2D eigenvalue weighted by atomic mass is 10.2. The van der Waals surface area contributed by atoms with E-state index in [1.165, 1.54) is 4.90 Å². The Morgan fingerprint density at radius 1 is 1.14 bits per heavy atom. The number of aromatic nitrogens is 2. The van der Waals surface area contributed by atoms with Crippen molar-refractivity contribution in [2.75, 3.05) is 43.4 Å². The summed E-state index contributed by atoms with van der Waals surface area (Å²) in [7, 11) is 0. The SMILES string of the molecule is CCc1nc(N)c(C)c(N2CCN(CC(F)(F)F)CC2)n1. The molecular weight excluding hydrogens is 283 g/mol. The van der Waals surface area contributed by atoms with Gasteiger partial charge in [-0.05, 0) is 6.92 Å². The van der Waals surface area contributed by atoms with E-state index in [-0.39, 0.29) is 0 Å². The second-order valence-corrected chi connectivity index (χ2v) is 5.21. The molecule has 1 aliphatic heterocycles. The lowest BCUT2D eigenvalue weighted by Crippen LogP contribution is -2.49. The van der Waals surface area contributed by atoms with Gasteiger partial charge < -0.3 is 10.6 Å². The normalized spacial score (nSPS) is 17.3. The van der Waals surface area contributed by atoms with E-state index in [1.54, 1.807) is 0 Å². The Balaban J connectivity index is 2.07. The maximum Gasteiger partial charge on any atom is 0.401 e. The summed E-state index contributed by atoms with van der Waals surface area (Å²) < 4.78 is 37.2. The van der Waals surface area contributed by atoms with Crippen molar-refractivity contribution in [1.29, 1.82) is 0 Å². The van der Waals surface area contributed by atoms with Crippen molar-refractivity contribution < 1.29 is 13.2 Å². The number of nitrogen functional groups attached to an aromatic ring is 1. The standard InChI is InChI=1S/C13H20F3N5/c1-3-10-18-11(17)9(2)12(19-10)21-6-4-20(5-7-21)8-13(14,15)16/h3-8H2,1-2H3,(H2,17,18,19). The second-order valence-electron chi connectivity index (χ2n) is 5.21. The first-order valence-electron chi connectivity index (χ1n) is 6.97. The van der Waals surface area contributed by atoms with Gasteiger partial charge in [0.05, 0.1) is 6.54 Å². The maximum atomic E-state index is 12.4. The van der Waals surface area contributed by atoms with Gasteiger partial charge in [-0.1, -0.05) is 6.92 Å². The quantitative estimate of drug-likeness (QED) is 0.919. The minimum absolute atomic E-state index is 0.365. The Morgan fingerprint density at radius 2 is 1.76 bits per heavy atom. The average molecular weight is 303 g/mol. The van der Waals surface area contributed by atoms with E-state index in [4.69, 9.17) is 5.73 Å². The van der Waals surface area contributed by atoms with Gasteiger partial charge in [0.2, 0.25) is 0 Å². The van der Waals surface area contributed by atoms with Crippen LogP contribution in [0.5, 0.6) is 0 Å². The average Bonchev–Trinajstić information content (AvgIpc) is 2.41. The number of alkyl halides is 3. The van der Waals surface area contributed by atoms with Gasteiger partial charge in [0, 0.05) is 38.2 Å². The van der Waals surface area contributed by atoms with Crippen molar-refractivity contribution in [3.05, 3.63) is 11.4 Å². The van der Waals surface area contributed by atoms with Crippen LogP contribution in [0.25, 0.3) is 0 Å². The van der Waals surface area contributed by atoms with Crippen LogP contribution < -0.4 is 10.6 Å². The molecule has 0 aromatic carbocycles. The number of halogens is 3. The molecule has 0 unspecified atom stereocenters. The fourth-order valence-electron chi connectivity index (χ4n) is 2.41. The number of nitrogens with zero attached hydrogens (tertiary/aromatic N) is 4. The van der Waals surface area contributed by atoms with Gasteiger partial charge >= 0.3 is 6.18 Å². The highest BCUT2D eigenvalue weighted by Crippen LogP contribution is 2.24. The summed E-state index contributed by atoms with van der Waals surface area (Å²) >= 11 is 0. The van der Waals surface area contributed by atoms with E-state index in [1.807, 2.05) is 18.7 Å². The summed E-state index contributed by atoms with van der Waals surface area (Å²) in [5.74, 6) is 1.84. The van der Waals surface area contributed by atoms with E-state index in [0.717, 1.165) is 11.4 Å². The summed E-state index contributed by atoms with van der Waals surface area (Å²) in [6, 6.07) is 0. The van der Waals surface area contributed by atoms with Gasteiger partial charge in [-0.25, -0.2) is 9.97 Å². The predicted octanol–water partition coefficient (Wildman–Crippen LogP) is 1.61. The van der Waals surface area contributed by atoms with Gasteiger partial charge in [-0.3, -0.25) is 4.90 Å². The van der Waals surface area contributed by atoms with Crippen LogP contribution in [0.2, 0.25) is 0 Å². The van der Waals surface area contributed by atoms with E-state index >= 15 is 0 Å². The van der Waals surface area contributed by atoms with Crippen LogP contribution in [0.3, 0.4) is 0 Å². The summed E-state index contributed by atoms with van der Waals surface area (Å²) in [5.41, 5.74) is 6.67. The van der Waals surface area contributed by atoms with E-state index in [2.05, 4.69) is 9.97 Å². The molecule has 8 heteroatoms. The Bertz CT molecular complexity index is 495. The zero-order valence-corrected chi connectivity index (χ0v) is 12.2. The van der Waals surface area contributed by atoms with Gasteiger partial charge in [0.1, 0.15) is 17.5 Å².